The highest BCUT2D eigenvalue weighted by Gasteiger charge is 2.25. The number of aromatic nitrogens is 2. The summed E-state index contributed by atoms with van der Waals surface area (Å²) in [6.45, 7) is 0.258. The van der Waals surface area contributed by atoms with Gasteiger partial charge in [0.15, 0.2) is 0 Å². The average molecular weight is 405 g/mol. The van der Waals surface area contributed by atoms with Crippen molar-refractivity contribution in [3.8, 4) is 0 Å². The van der Waals surface area contributed by atoms with Crippen molar-refractivity contribution in [1.29, 1.82) is 0 Å². The van der Waals surface area contributed by atoms with Crippen molar-refractivity contribution >= 4 is 39.1 Å². The monoisotopic (exact) mass is 404 g/mol. The maximum absolute atomic E-state index is 12.7. The number of rotatable bonds is 5. The molecular weight excluding hydrogens is 387 g/mol. The van der Waals surface area contributed by atoms with E-state index in [-0.39, 0.29) is 27.0 Å². The maximum atomic E-state index is 12.7. The standard InChI is InChI=1S/C15H18Cl2N4O3S/c1-19(2)25(23,24)14-7-11(12(16)8-13(14)17)15(22)20(3)9-10-5-6-21(4)18-10/h5-8H,9H2,1-4H3. The minimum Gasteiger partial charge on any atom is -0.336 e. The van der Waals surface area contributed by atoms with Crippen LogP contribution < -0.4 is 0 Å². The first-order valence-corrected chi connectivity index (χ1v) is 9.39. The summed E-state index contributed by atoms with van der Waals surface area (Å²) in [5.74, 6) is -0.428. The lowest BCUT2D eigenvalue weighted by atomic mass is 10.2. The minimum atomic E-state index is -3.81. The number of hydrogen-bond donors (Lipinski definition) is 0. The summed E-state index contributed by atoms with van der Waals surface area (Å²) >= 11 is 12.1. The van der Waals surface area contributed by atoms with Crippen molar-refractivity contribution in [2.45, 2.75) is 11.4 Å². The zero-order valence-electron chi connectivity index (χ0n) is 14.2. The number of amides is 1. The molecule has 0 unspecified atom stereocenters. The van der Waals surface area contributed by atoms with E-state index in [0.717, 1.165) is 4.31 Å². The molecule has 0 N–H and O–H groups in total. The normalized spacial score (nSPS) is 11.8. The lowest BCUT2D eigenvalue weighted by Crippen LogP contribution is -2.28. The van der Waals surface area contributed by atoms with Gasteiger partial charge in [0, 0.05) is 34.4 Å². The Hall–Kier alpha value is -1.61. The number of halogens is 2. The Morgan fingerprint density at radius 3 is 2.36 bits per heavy atom. The zero-order valence-corrected chi connectivity index (χ0v) is 16.5. The van der Waals surface area contributed by atoms with E-state index in [1.54, 1.807) is 31.0 Å². The third-order valence-corrected chi connectivity index (χ3v) is 6.12. The summed E-state index contributed by atoms with van der Waals surface area (Å²) in [6.07, 6.45) is 1.77. The van der Waals surface area contributed by atoms with Crippen LogP contribution in [0.3, 0.4) is 0 Å². The van der Waals surface area contributed by atoms with Crippen LogP contribution >= 0.6 is 23.2 Å². The van der Waals surface area contributed by atoms with Gasteiger partial charge >= 0.3 is 0 Å². The third kappa shape index (κ3) is 4.14. The third-order valence-electron chi connectivity index (χ3n) is 3.53. The summed E-state index contributed by atoms with van der Waals surface area (Å²) < 4.78 is 27.4. The molecule has 136 valence electrons. The summed E-state index contributed by atoms with van der Waals surface area (Å²) in [6, 6.07) is 4.26. The van der Waals surface area contributed by atoms with E-state index in [4.69, 9.17) is 23.2 Å². The van der Waals surface area contributed by atoms with Gasteiger partial charge in [0.25, 0.3) is 5.91 Å². The van der Waals surface area contributed by atoms with E-state index in [1.807, 2.05) is 0 Å². The lowest BCUT2D eigenvalue weighted by Gasteiger charge is -2.19. The van der Waals surface area contributed by atoms with Gasteiger partial charge in [-0.25, -0.2) is 12.7 Å². The molecule has 0 saturated heterocycles. The van der Waals surface area contributed by atoms with Crippen LogP contribution in [0.2, 0.25) is 10.0 Å². The summed E-state index contributed by atoms with van der Waals surface area (Å²) in [7, 11) is 2.33. The Morgan fingerprint density at radius 1 is 1.20 bits per heavy atom. The van der Waals surface area contributed by atoms with Crippen molar-refractivity contribution in [3.05, 3.63) is 45.7 Å². The van der Waals surface area contributed by atoms with Crippen LogP contribution in [0.15, 0.2) is 29.3 Å². The van der Waals surface area contributed by atoms with Crippen molar-refractivity contribution in [3.63, 3.8) is 0 Å². The SMILES string of the molecule is CN(Cc1ccn(C)n1)C(=O)c1cc(S(=O)(=O)N(C)C)c(Cl)cc1Cl. The van der Waals surface area contributed by atoms with E-state index in [0.29, 0.717) is 5.69 Å². The van der Waals surface area contributed by atoms with Gasteiger partial charge in [0.1, 0.15) is 4.90 Å². The van der Waals surface area contributed by atoms with Crippen molar-refractivity contribution < 1.29 is 13.2 Å². The van der Waals surface area contributed by atoms with Gasteiger partial charge in [-0.1, -0.05) is 23.2 Å². The van der Waals surface area contributed by atoms with Gasteiger partial charge in [-0.15, -0.1) is 0 Å². The number of carbonyl (C=O) groups is 1. The molecule has 0 atom stereocenters. The first-order valence-electron chi connectivity index (χ1n) is 7.19. The Labute approximate surface area is 156 Å². The molecule has 0 bridgehead atoms. The predicted molar refractivity (Wildman–Crippen MR) is 96.3 cm³/mol. The van der Waals surface area contributed by atoms with Crippen LogP contribution in [0.25, 0.3) is 0 Å². The van der Waals surface area contributed by atoms with Crippen molar-refractivity contribution in [1.82, 2.24) is 19.0 Å². The van der Waals surface area contributed by atoms with Gasteiger partial charge in [0.05, 0.1) is 27.8 Å². The second-order valence-corrected chi connectivity index (χ2v) is 8.63. The Balaban J connectivity index is 2.39. The number of carbonyl (C=O) groups excluding carboxylic acids is 1. The molecule has 7 nitrogen and oxygen atoms in total. The number of benzene rings is 1. The Kier molecular flexibility index (Phi) is 5.78. The number of aryl methyl sites for hydroxylation is 1. The van der Waals surface area contributed by atoms with Gasteiger partial charge in [-0.2, -0.15) is 5.10 Å². The van der Waals surface area contributed by atoms with Gasteiger partial charge < -0.3 is 4.90 Å². The Morgan fingerprint density at radius 2 is 1.84 bits per heavy atom. The van der Waals surface area contributed by atoms with Crippen LogP contribution in [0.1, 0.15) is 16.1 Å². The molecule has 10 heteroatoms. The fraction of sp³-hybridized carbons (Fsp3) is 0.333. The van der Waals surface area contributed by atoms with E-state index >= 15 is 0 Å². The molecule has 1 aromatic heterocycles. The highest BCUT2D eigenvalue weighted by molar-refractivity contribution is 7.89. The largest absolute Gasteiger partial charge is 0.336 e. The summed E-state index contributed by atoms with van der Waals surface area (Å²) in [4.78, 5) is 13.9. The minimum absolute atomic E-state index is 0.0392. The molecule has 1 heterocycles. The molecular formula is C15H18Cl2N4O3S. The van der Waals surface area contributed by atoms with Gasteiger partial charge in [0.2, 0.25) is 10.0 Å². The van der Waals surface area contributed by atoms with Gasteiger partial charge in [-0.3, -0.25) is 9.48 Å². The molecule has 0 radical (unpaired) electrons. The molecule has 0 spiro atoms. The topological polar surface area (TPSA) is 75.5 Å². The second kappa shape index (κ2) is 7.33. The molecule has 0 aliphatic heterocycles. The lowest BCUT2D eigenvalue weighted by molar-refractivity contribution is 0.0783. The second-order valence-electron chi connectivity index (χ2n) is 5.69. The van der Waals surface area contributed by atoms with Crippen LogP contribution in [-0.4, -0.2) is 54.5 Å². The first kappa shape index (κ1) is 19.7. The molecule has 25 heavy (non-hydrogen) atoms. The quantitative estimate of drug-likeness (QED) is 0.765. The number of sulfonamides is 1. The molecule has 0 saturated carbocycles. The molecule has 2 rings (SSSR count). The first-order chi connectivity index (χ1) is 11.5. The smallest absolute Gasteiger partial charge is 0.255 e. The molecule has 1 aromatic carbocycles. The van der Waals surface area contributed by atoms with Crippen LogP contribution in [0.5, 0.6) is 0 Å². The fourth-order valence-electron chi connectivity index (χ4n) is 2.16. The molecule has 1 amide bonds. The van der Waals surface area contributed by atoms with Crippen LogP contribution in [0.4, 0.5) is 0 Å². The van der Waals surface area contributed by atoms with Crippen LogP contribution in [0, 0.1) is 0 Å². The zero-order chi connectivity index (χ0) is 18.9. The summed E-state index contributed by atoms with van der Waals surface area (Å²) in [5, 5.41) is 4.25. The molecule has 0 aliphatic carbocycles. The van der Waals surface area contributed by atoms with Crippen molar-refractivity contribution in [2.75, 3.05) is 21.1 Å². The molecule has 2 aromatic rings. The van der Waals surface area contributed by atoms with Gasteiger partial charge in [-0.05, 0) is 18.2 Å². The highest BCUT2D eigenvalue weighted by Crippen LogP contribution is 2.30. The number of hydrogen-bond acceptors (Lipinski definition) is 4. The average Bonchev–Trinajstić information content (AvgIpc) is 2.91. The van der Waals surface area contributed by atoms with E-state index in [1.165, 1.54) is 31.1 Å². The van der Waals surface area contributed by atoms with E-state index in [2.05, 4.69) is 5.10 Å². The maximum Gasteiger partial charge on any atom is 0.255 e. The van der Waals surface area contributed by atoms with Crippen LogP contribution in [-0.2, 0) is 23.6 Å². The fourth-order valence-corrected chi connectivity index (χ4v) is 3.88. The number of nitrogens with zero attached hydrogens (tertiary/aromatic N) is 4. The Bertz CT molecular complexity index is 909. The van der Waals surface area contributed by atoms with E-state index in [9.17, 15) is 13.2 Å². The van der Waals surface area contributed by atoms with Crippen molar-refractivity contribution in [2.24, 2.45) is 7.05 Å². The summed E-state index contributed by atoms with van der Waals surface area (Å²) in [5.41, 5.74) is 0.759. The molecule has 0 aliphatic rings. The highest BCUT2D eigenvalue weighted by atomic mass is 35.5. The molecule has 0 fully saturated rings. The van der Waals surface area contributed by atoms with E-state index < -0.39 is 15.9 Å². The predicted octanol–water partition coefficient (Wildman–Crippen LogP) is 2.25.